The monoisotopic (exact) mass is 299 g/mol. The van der Waals surface area contributed by atoms with Crippen molar-refractivity contribution in [2.24, 2.45) is 0 Å². The first-order chi connectivity index (χ1) is 9.15. The summed E-state index contributed by atoms with van der Waals surface area (Å²) in [5, 5.41) is 11.6. The van der Waals surface area contributed by atoms with Crippen molar-refractivity contribution in [3.63, 3.8) is 0 Å². The molecule has 0 aliphatic carbocycles. The molecule has 1 fully saturated rings. The number of nitrogens with zero attached hydrogens (tertiary/aromatic N) is 4. The first kappa shape index (κ1) is 16.7. The molecule has 1 aliphatic rings. The average molecular weight is 300 g/mol. The summed E-state index contributed by atoms with van der Waals surface area (Å²) in [5.74, 6) is -0.0995. The lowest BCUT2D eigenvalue weighted by Gasteiger charge is -2.23. The van der Waals surface area contributed by atoms with E-state index in [-0.39, 0.29) is 18.3 Å². The van der Waals surface area contributed by atoms with Gasteiger partial charge in [-0.15, -0.1) is 24.1 Å². The number of amides is 1. The van der Waals surface area contributed by atoms with Gasteiger partial charge in [0.1, 0.15) is 0 Å². The van der Waals surface area contributed by atoms with Gasteiger partial charge < -0.3 is 10.2 Å². The summed E-state index contributed by atoms with van der Waals surface area (Å²) in [7, 11) is 1.74. The largest absolute Gasteiger partial charge is 0.337 e. The van der Waals surface area contributed by atoms with Gasteiger partial charge in [-0.1, -0.05) is 11.3 Å². The highest BCUT2D eigenvalue weighted by atomic mass is 35.5. The molecule has 0 saturated carbocycles. The average Bonchev–Trinajstić information content (AvgIpc) is 2.81. The number of halogens is 1. The minimum atomic E-state index is -0.0995. The molecule has 0 spiro atoms. The number of nitrogens with one attached hydrogen (secondary N) is 1. The number of hydrogen-bond donors (Lipinski definition) is 1. The first-order valence-corrected chi connectivity index (χ1v) is 6.64. The van der Waals surface area contributed by atoms with Crippen LogP contribution in [-0.4, -0.2) is 52.5 Å². The van der Waals surface area contributed by atoms with Crippen LogP contribution in [0.4, 0.5) is 0 Å². The molecule has 1 aromatic heterocycles. The molecule has 1 N–H and O–H groups in total. The number of piperidine rings is 1. The van der Waals surface area contributed by atoms with Crippen molar-refractivity contribution in [1.29, 1.82) is 0 Å². The van der Waals surface area contributed by atoms with Crippen molar-refractivity contribution in [3.8, 4) is 0 Å². The Bertz CT molecular complexity index is 467. The molecule has 20 heavy (non-hydrogen) atoms. The zero-order chi connectivity index (χ0) is 13.8. The van der Waals surface area contributed by atoms with E-state index in [0.717, 1.165) is 31.6 Å². The maximum atomic E-state index is 12.2. The maximum absolute atomic E-state index is 12.2. The van der Waals surface area contributed by atoms with Gasteiger partial charge in [0.2, 0.25) is 0 Å². The molecule has 6 nitrogen and oxygen atoms in total. The Morgan fingerprint density at radius 3 is 2.80 bits per heavy atom. The molecule has 0 aromatic carbocycles. The summed E-state index contributed by atoms with van der Waals surface area (Å²) in [4.78, 5) is 13.8. The SMILES string of the molecule is C=CCN(C)C(=O)c1nnn(C2CCNCC2)c1C.Cl. The fourth-order valence-electron chi connectivity index (χ4n) is 2.39. The zero-order valence-corrected chi connectivity index (χ0v) is 12.8. The van der Waals surface area contributed by atoms with Crippen molar-refractivity contribution in [2.45, 2.75) is 25.8 Å². The Morgan fingerprint density at radius 2 is 2.20 bits per heavy atom. The molecule has 0 atom stereocenters. The van der Waals surface area contributed by atoms with E-state index in [0.29, 0.717) is 18.3 Å². The molecular weight excluding hydrogens is 278 g/mol. The normalized spacial score (nSPS) is 15.5. The lowest BCUT2D eigenvalue weighted by atomic mass is 10.1. The topological polar surface area (TPSA) is 63.1 Å². The van der Waals surface area contributed by atoms with E-state index in [2.05, 4.69) is 22.2 Å². The van der Waals surface area contributed by atoms with Crippen molar-refractivity contribution < 1.29 is 4.79 Å². The minimum absolute atomic E-state index is 0. The molecule has 0 unspecified atom stereocenters. The highest BCUT2D eigenvalue weighted by Crippen LogP contribution is 2.20. The summed E-state index contributed by atoms with van der Waals surface area (Å²) in [6.45, 7) is 8.04. The quantitative estimate of drug-likeness (QED) is 0.848. The number of hydrogen-bond acceptors (Lipinski definition) is 4. The Hall–Kier alpha value is -1.40. The molecule has 112 valence electrons. The van der Waals surface area contributed by atoms with Crippen LogP contribution in [0.2, 0.25) is 0 Å². The number of rotatable bonds is 4. The highest BCUT2D eigenvalue weighted by Gasteiger charge is 2.24. The van der Waals surface area contributed by atoms with Gasteiger partial charge in [-0.3, -0.25) is 4.79 Å². The van der Waals surface area contributed by atoms with Gasteiger partial charge in [0, 0.05) is 13.6 Å². The predicted molar refractivity (Wildman–Crippen MR) is 80.3 cm³/mol. The van der Waals surface area contributed by atoms with Crippen molar-refractivity contribution in [1.82, 2.24) is 25.2 Å². The predicted octanol–water partition coefficient (Wildman–Crippen LogP) is 1.19. The van der Waals surface area contributed by atoms with Crippen LogP contribution in [0.15, 0.2) is 12.7 Å². The maximum Gasteiger partial charge on any atom is 0.276 e. The Kier molecular flexibility index (Phi) is 6.16. The van der Waals surface area contributed by atoms with Crippen molar-refractivity contribution in [3.05, 3.63) is 24.0 Å². The number of likely N-dealkylation sites (N-methyl/N-ethyl adjacent to an activating group) is 1. The Labute approximate surface area is 125 Å². The lowest BCUT2D eigenvalue weighted by Crippen LogP contribution is -2.31. The van der Waals surface area contributed by atoms with Crippen LogP contribution in [0.25, 0.3) is 0 Å². The first-order valence-electron chi connectivity index (χ1n) is 6.64. The lowest BCUT2D eigenvalue weighted by molar-refractivity contribution is 0.0803. The fourth-order valence-corrected chi connectivity index (χ4v) is 2.39. The second-order valence-corrected chi connectivity index (χ2v) is 4.92. The summed E-state index contributed by atoms with van der Waals surface area (Å²) in [5.41, 5.74) is 1.30. The third-order valence-corrected chi connectivity index (χ3v) is 3.53. The second-order valence-electron chi connectivity index (χ2n) is 4.92. The fraction of sp³-hybridized carbons (Fsp3) is 0.615. The molecule has 2 rings (SSSR count). The smallest absolute Gasteiger partial charge is 0.276 e. The van der Waals surface area contributed by atoms with Gasteiger partial charge in [0.05, 0.1) is 11.7 Å². The van der Waals surface area contributed by atoms with Gasteiger partial charge in [0.15, 0.2) is 5.69 Å². The molecule has 1 saturated heterocycles. The third-order valence-electron chi connectivity index (χ3n) is 3.53. The van der Waals surface area contributed by atoms with E-state index in [9.17, 15) is 4.79 Å². The standard InChI is InChI=1S/C13H21N5O.ClH/c1-4-9-17(3)13(19)12-10(2)18(16-15-12)11-5-7-14-8-6-11;/h4,11,14H,1,5-9H2,2-3H3;1H. The summed E-state index contributed by atoms with van der Waals surface area (Å²) < 4.78 is 1.90. The van der Waals surface area contributed by atoms with Crippen LogP contribution in [0.5, 0.6) is 0 Å². The van der Waals surface area contributed by atoms with Crippen LogP contribution in [0.3, 0.4) is 0 Å². The van der Waals surface area contributed by atoms with Crippen LogP contribution >= 0.6 is 12.4 Å². The van der Waals surface area contributed by atoms with E-state index >= 15 is 0 Å². The van der Waals surface area contributed by atoms with Crippen molar-refractivity contribution >= 4 is 18.3 Å². The Morgan fingerprint density at radius 1 is 1.55 bits per heavy atom. The van der Waals surface area contributed by atoms with E-state index in [1.54, 1.807) is 18.0 Å². The van der Waals surface area contributed by atoms with Crippen LogP contribution in [-0.2, 0) is 0 Å². The molecule has 1 aliphatic heterocycles. The van der Waals surface area contributed by atoms with E-state index in [1.165, 1.54) is 0 Å². The van der Waals surface area contributed by atoms with E-state index in [1.807, 2.05) is 11.6 Å². The Balaban J connectivity index is 0.00000200. The molecule has 1 amide bonds. The zero-order valence-electron chi connectivity index (χ0n) is 12.0. The minimum Gasteiger partial charge on any atom is -0.337 e. The van der Waals surface area contributed by atoms with E-state index < -0.39 is 0 Å². The molecular formula is C13H22ClN5O. The van der Waals surface area contributed by atoms with E-state index in [4.69, 9.17) is 0 Å². The summed E-state index contributed by atoms with van der Waals surface area (Å²) in [6.07, 6.45) is 3.76. The number of aromatic nitrogens is 3. The van der Waals surface area contributed by atoms with Gasteiger partial charge in [0.25, 0.3) is 5.91 Å². The number of carbonyl (C=O) groups is 1. The number of carbonyl (C=O) groups excluding carboxylic acids is 1. The molecule has 1 aromatic rings. The summed E-state index contributed by atoms with van der Waals surface area (Å²) >= 11 is 0. The molecule has 2 heterocycles. The van der Waals surface area contributed by atoms with Crippen LogP contribution in [0, 0.1) is 6.92 Å². The van der Waals surface area contributed by atoms with Crippen LogP contribution in [0.1, 0.15) is 35.1 Å². The van der Waals surface area contributed by atoms with Gasteiger partial charge in [-0.2, -0.15) is 0 Å². The molecule has 7 heteroatoms. The van der Waals surface area contributed by atoms with Crippen molar-refractivity contribution in [2.75, 3.05) is 26.7 Å². The van der Waals surface area contributed by atoms with Gasteiger partial charge in [-0.05, 0) is 32.9 Å². The molecule has 0 bridgehead atoms. The highest BCUT2D eigenvalue weighted by molar-refractivity contribution is 5.93. The van der Waals surface area contributed by atoms with Gasteiger partial charge in [-0.25, -0.2) is 4.68 Å². The molecule has 0 radical (unpaired) electrons. The summed E-state index contributed by atoms with van der Waals surface area (Å²) in [6, 6.07) is 0.347. The van der Waals surface area contributed by atoms with Crippen LogP contribution < -0.4 is 5.32 Å². The third kappa shape index (κ3) is 3.37. The second kappa shape index (κ2) is 7.40. The van der Waals surface area contributed by atoms with Gasteiger partial charge >= 0.3 is 0 Å².